The first-order valence-electron chi connectivity index (χ1n) is 8.13. The molecule has 1 aliphatic heterocycles. The largest absolute Gasteiger partial charge is 0.330 e. The molecule has 0 saturated heterocycles. The molecule has 0 spiro atoms. The average Bonchev–Trinajstić information content (AvgIpc) is 2.57. The molecule has 3 nitrogen and oxygen atoms in total. The van der Waals surface area contributed by atoms with Crippen LogP contribution in [0.3, 0.4) is 0 Å². The van der Waals surface area contributed by atoms with Crippen molar-refractivity contribution in [3.8, 4) is 0 Å². The number of carbonyl (C=O) groups excluding carboxylic acids is 1. The third-order valence-corrected chi connectivity index (χ3v) is 4.29. The molecule has 2 aromatic carbocycles. The lowest BCUT2D eigenvalue weighted by Crippen LogP contribution is -2.33. The molecule has 1 aliphatic rings. The third-order valence-electron chi connectivity index (χ3n) is 4.29. The van der Waals surface area contributed by atoms with Crippen molar-refractivity contribution >= 4 is 23.2 Å². The van der Waals surface area contributed by atoms with Gasteiger partial charge in [-0.2, -0.15) is 0 Å². The van der Waals surface area contributed by atoms with Crippen LogP contribution in [0.15, 0.2) is 48.5 Å². The lowest BCUT2D eigenvalue weighted by molar-refractivity contribution is -0.118. The van der Waals surface area contributed by atoms with Gasteiger partial charge in [-0.05, 0) is 29.2 Å². The quantitative estimate of drug-likeness (QED) is 0.936. The Bertz CT molecular complexity index is 749. The SMILES string of the molecule is CCC1=Cc2ccccc2CN(C(=O)CCN)c2ccccc21. The van der Waals surface area contributed by atoms with Crippen molar-refractivity contribution in [3.63, 3.8) is 0 Å². The van der Waals surface area contributed by atoms with E-state index in [-0.39, 0.29) is 5.91 Å². The normalized spacial score (nSPS) is 13.5. The van der Waals surface area contributed by atoms with E-state index in [1.54, 1.807) is 0 Å². The van der Waals surface area contributed by atoms with Crippen molar-refractivity contribution in [2.24, 2.45) is 5.73 Å². The van der Waals surface area contributed by atoms with Crippen LogP contribution in [-0.4, -0.2) is 12.5 Å². The van der Waals surface area contributed by atoms with Crippen LogP contribution in [0.4, 0.5) is 5.69 Å². The maximum absolute atomic E-state index is 12.7. The first-order chi connectivity index (χ1) is 11.2. The molecule has 3 heteroatoms. The van der Waals surface area contributed by atoms with Crippen molar-refractivity contribution in [2.45, 2.75) is 26.3 Å². The van der Waals surface area contributed by atoms with E-state index in [9.17, 15) is 4.79 Å². The van der Waals surface area contributed by atoms with E-state index >= 15 is 0 Å². The fourth-order valence-corrected chi connectivity index (χ4v) is 3.09. The number of fused-ring (bicyclic) bond motifs is 2. The van der Waals surface area contributed by atoms with Crippen LogP contribution in [0.1, 0.15) is 36.5 Å². The Kier molecular flexibility index (Phi) is 4.58. The summed E-state index contributed by atoms with van der Waals surface area (Å²) in [4.78, 5) is 14.5. The number of amides is 1. The number of nitrogens with two attached hydrogens (primary N) is 1. The standard InChI is InChI=1S/C20H22N2O/c1-2-15-13-16-7-3-4-8-17(16)14-22(20(23)11-12-21)19-10-6-5-9-18(15)19/h3-10,13H,2,11-12,14,21H2,1H3. The van der Waals surface area contributed by atoms with E-state index in [1.165, 1.54) is 16.7 Å². The van der Waals surface area contributed by atoms with Crippen LogP contribution in [0.5, 0.6) is 0 Å². The molecule has 0 fully saturated rings. The van der Waals surface area contributed by atoms with Crippen LogP contribution < -0.4 is 10.6 Å². The molecule has 3 rings (SSSR count). The smallest absolute Gasteiger partial charge is 0.228 e. The first kappa shape index (κ1) is 15.5. The van der Waals surface area contributed by atoms with Crippen LogP contribution in [-0.2, 0) is 11.3 Å². The minimum atomic E-state index is 0.0760. The highest BCUT2D eigenvalue weighted by molar-refractivity contribution is 5.99. The Balaban J connectivity index is 2.20. The third kappa shape index (κ3) is 3.06. The highest BCUT2D eigenvalue weighted by atomic mass is 16.2. The van der Waals surface area contributed by atoms with Gasteiger partial charge >= 0.3 is 0 Å². The maximum atomic E-state index is 12.7. The molecule has 0 aliphatic carbocycles. The van der Waals surface area contributed by atoms with Gasteiger partial charge in [0.05, 0.1) is 12.2 Å². The van der Waals surface area contributed by atoms with Gasteiger partial charge in [-0.3, -0.25) is 4.79 Å². The number of para-hydroxylation sites is 1. The molecule has 0 atom stereocenters. The van der Waals surface area contributed by atoms with Gasteiger partial charge in [0.2, 0.25) is 5.91 Å². The highest BCUT2D eigenvalue weighted by Crippen LogP contribution is 2.35. The molecule has 0 saturated carbocycles. The second kappa shape index (κ2) is 6.80. The number of allylic oxidation sites excluding steroid dienone is 1. The zero-order valence-electron chi connectivity index (χ0n) is 13.5. The highest BCUT2D eigenvalue weighted by Gasteiger charge is 2.22. The van der Waals surface area contributed by atoms with Gasteiger partial charge in [0, 0.05) is 18.5 Å². The molecule has 0 radical (unpaired) electrons. The van der Waals surface area contributed by atoms with E-state index < -0.39 is 0 Å². The monoisotopic (exact) mass is 306 g/mol. The molecule has 0 unspecified atom stereocenters. The predicted octanol–water partition coefficient (Wildman–Crippen LogP) is 3.83. The lowest BCUT2D eigenvalue weighted by Gasteiger charge is -2.28. The fourth-order valence-electron chi connectivity index (χ4n) is 3.09. The Morgan fingerprint density at radius 1 is 1.13 bits per heavy atom. The molecule has 118 valence electrons. The van der Waals surface area contributed by atoms with Crippen LogP contribution in [0.25, 0.3) is 11.6 Å². The summed E-state index contributed by atoms with van der Waals surface area (Å²) in [5, 5.41) is 0. The van der Waals surface area contributed by atoms with E-state index in [4.69, 9.17) is 5.73 Å². The molecule has 2 N–H and O–H groups in total. The number of hydrogen-bond acceptors (Lipinski definition) is 2. The summed E-state index contributed by atoms with van der Waals surface area (Å²) in [6, 6.07) is 16.4. The number of hydrogen-bond donors (Lipinski definition) is 1. The molecule has 23 heavy (non-hydrogen) atoms. The van der Waals surface area contributed by atoms with Crippen molar-refractivity contribution in [1.29, 1.82) is 0 Å². The second-order valence-corrected chi connectivity index (χ2v) is 5.76. The maximum Gasteiger partial charge on any atom is 0.228 e. The van der Waals surface area contributed by atoms with Crippen molar-refractivity contribution in [2.75, 3.05) is 11.4 Å². The molecular weight excluding hydrogens is 284 g/mol. The Morgan fingerprint density at radius 3 is 2.65 bits per heavy atom. The number of benzene rings is 2. The minimum absolute atomic E-state index is 0.0760. The van der Waals surface area contributed by atoms with E-state index in [0.717, 1.165) is 17.7 Å². The van der Waals surface area contributed by atoms with Gasteiger partial charge in [0.15, 0.2) is 0 Å². The Hall–Kier alpha value is -2.39. The molecule has 2 aromatic rings. The molecule has 1 amide bonds. The summed E-state index contributed by atoms with van der Waals surface area (Å²) in [5.74, 6) is 0.0760. The Labute approximate surface area is 137 Å². The number of rotatable bonds is 3. The van der Waals surface area contributed by atoms with Crippen LogP contribution >= 0.6 is 0 Å². The molecule has 1 heterocycles. The zero-order valence-corrected chi connectivity index (χ0v) is 13.5. The number of nitrogens with zero attached hydrogens (tertiary/aromatic N) is 1. The van der Waals surface area contributed by atoms with Crippen LogP contribution in [0, 0.1) is 0 Å². The topological polar surface area (TPSA) is 46.3 Å². The minimum Gasteiger partial charge on any atom is -0.330 e. The van der Waals surface area contributed by atoms with Crippen molar-refractivity contribution in [3.05, 3.63) is 65.2 Å². The van der Waals surface area contributed by atoms with E-state index in [2.05, 4.69) is 31.2 Å². The van der Waals surface area contributed by atoms with E-state index in [1.807, 2.05) is 35.2 Å². The number of anilines is 1. The summed E-state index contributed by atoms with van der Waals surface area (Å²) in [6.45, 7) is 3.11. The van der Waals surface area contributed by atoms with Crippen molar-refractivity contribution in [1.82, 2.24) is 0 Å². The Morgan fingerprint density at radius 2 is 1.87 bits per heavy atom. The summed E-state index contributed by atoms with van der Waals surface area (Å²) >= 11 is 0. The summed E-state index contributed by atoms with van der Waals surface area (Å²) in [5.41, 5.74) is 11.3. The summed E-state index contributed by atoms with van der Waals surface area (Å²) in [7, 11) is 0. The molecular formula is C20H22N2O. The van der Waals surface area contributed by atoms with Gasteiger partial charge in [-0.25, -0.2) is 0 Å². The first-order valence-corrected chi connectivity index (χ1v) is 8.13. The second-order valence-electron chi connectivity index (χ2n) is 5.76. The average molecular weight is 306 g/mol. The van der Waals surface area contributed by atoms with Gasteiger partial charge in [-0.15, -0.1) is 0 Å². The van der Waals surface area contributed by atoms with Crippen molar-refractivity contribution < 1.29 is 4.79 Å². The molecule has 0 aromatic heterocycles. The van der Waals surface area contributed by atoms with Gasteiger partial charge in [0.25, 0.3) is 0 Å². The number of carbonyl (C=O) groups is 1. The predicted molar refractivity (Wildman–Crippen MR) is 95.9 cm³/mol. The summed E-state index contributed by atoms with van der Waals surface area (Å²) < 4.78 is 0. The lowest BCUT2D eigenvalue weighted by atomic mass is 9.93. The zero-order chi connectivity index (χ0) is 16.2. The van der Waals surface area contributed by atoms with Gasteiger partial charge < -0.3 is 10.6 Å². The van der Waals surface area contributed by atoms with Crippen LogP contribution in [0.2, 0.25) is 0 Å². The summed E-state index contributed by atoms with van der Waals surface area (Å²) in [6.07, 6.45) is 3.53. The van der Waals surface area contributed by atoms with E-state index in [0.29, 0.717) is 19.5 Å². The fraction of sp³-hybridized carbons (Fsp3) is 0.250. The van der Waals surface area contributed by atoms with Gasteiger partial charge in [0.1, 0.15) is 0 Å². The van der Waals surface area contributed by atoms with Gasteiger partial charge in [-0.1, -0.05) is 55.5 Å². The molecule has 0 bridgehead atoms.